The molecule has 0 saturated heterocycles. The van der Waals surface area contributed by atoms with Crippen LogP contribution in [0.15, 0.2) is 54.6 Å². The first kappa shape index (κ1) is 24.6. The molecule has 2 aromatic carbocycles. The molecule has 0 aliphatic heterocycles. The third-order valence-electron chi connectivity index (χ3n) is 6.00. The van der Waals surface area contributed by atoms with Crippen LogP contribution in [0.2, 0.25) is 0 Å². The van der Waals surface area contributed by atoms with Crippen molar-refractivity contribution in [3.63, 3.8) is 0 Å². The highest BCUT2D eigenvalue weighted by atomic mass is 127. The number of nitrogens with one attached hydrogen (secondary N) is 1. The largest absolute Gasteiger partial charge is 0.484 e. The Kier molecular flexibility index (Phi) is 9.84. The lowest BCUT2D eigenvalue weighted by molar-refractivity contribution is -0.142. The van der Waals surface area contributed by atoms with Crippen LogP contribution in [0.5, 0.6) is 5.75 Å². The minimum Gasteiger partial charge on any atom is -0.484 e. The number of ether oxygens (including phenoxy) is 1. The molecule has 32 heavy (non-hydrogen) atoms. The van der Waals surface area contributed by atoms with Crippen molar-refractivity contribution in [2.24, 2.45) is 0 Å². The van der Waals surface area contributed by atoms with E-state index in [1.807, 2.05) is 61.5 Å². The molecule has 3 rings (SSSR count). The van der Waals surface area contributed by atoms with E-state index in [9.17, 15) is 9.59 Å². The van der Waals surface area contributed by atoms with Crippen LogP contribution in [0.3, 0.4) is 0 Å². The molecule has 0 spiro atoms. The maximum Gasteiger partial charge on any atom is 0.261 e. The molecule has 0 unspecified atom stereocenters. The second-order valence-electron chi connectivity index (χ2n) is 8.33. The van der Waals surface area contributed by atoms with Gasteiger partial charge in [-0.2, -0.15) is 0 Å². The molecule has 5 nitrogen and oxygen atoms in total. The van der Waals surface area contributed by atoms with Crippen molar-refractivity contribution in [1.82, 2.24) is 10.2 Å². The lowest BCUT2D eigenvalue weighted by Gasteiger charge is -2.32. The smallest absolute Gasteiger partial charge is 0.261 e. The number of nitrogens with zero attached hydrogens (tertiary/aromatic N) is 1. The zero-order valence-corrected chi connectivity index (χ0v) is 20.9. The van der Waals surface area contributed by atoms with Crippen LogP contribution in [0.25, 0.3) is 0 Å². The number of hydrogen-bond donors (Lipinski definition) is 1. The van der Waals surface area contributed by atoms with Crippen LogP contribution < -0.4 is 10.1 Å². The average molecular weight is 548 g/mol. The van der Waals surface area contributed by atoms with Crippen molar-refractivity contribution < 1.29 is 14.3 Å². The van der Waals surface area contributed by atoms with Crippen molar-refractivity contribution in [2.45, 2.75) is 64.0 Å². The number of rotatable bonds is 10. The molecule has 1 N–H and O–H groups in total. The fourth-order valence-corrected chi connectivity index (χ4v) is 4.56. The molecule has 0 heterocycles. The Morgan fingerprint density at radius 3 is 2.41 bits per heavy atom. The van der Waals surface area contributed by atoms with Crippen molar-refractivity contribution in [3.8, 4) is 5.75 Å². The summed E-state index contributed by atoms with van der Waals surface area (Å²) in [6.07, 6.45) is 6.86. The molecule has 0 bridgehead atoms. The topological polar surface area (TPSA) is 58.6 Å². The lowest BCUT2D eigenvalue weighted by atomic mass is 9.95. The van der Waals surface area contributed by atoms with E-state index in [0.717, 1.165) is 34.8 Å². The molecular formula is C26H33IN2O3. The minimum atomic E-state index is -0.492. The van der Waals surface area contributed by atoms with E-state index in [0.29, 0.717) is 25.1 Å². The molecule has 0 radical (unpaired) electrons. The first-order valence-corrected chi connectivity index (χ1v) is 12.7. The van der Waals surface area contributed by atoms with Crippen molar-refractivity contribution in [1.29, 1.82) is 0 Å². The van der Waals surface area contributed by atoms with Crippen LogP contribution in [-0.4, -0.2) is 41.9 Å². The normalized spacial score (nSPS) is 15.1. The first-order chi connectivity index (χ1) is 15.6. The summed E-state index contributed by atoms with van der Waals surface area (Å²) in [7, 11) is 0. The van der Waals surface area contributed by atoms with Gasteiger partial charge in [0, 0.05) is 16.2 Å². The Bertz CT molecular complexity index is 851. The highest BCUT2D eigenvalue weighted by molar-refractivity contribution is 14.1. The molecule has 0 aromatic heterocycles. The Hall–Kier alpha value is -2.09. The summed E-state index contributed by atoms with van der Waals surface area (Å²) in [5.41, 5.74) is 1.14. The van der Waals surface area contributed by atoms with Crippen LogP contribution in [0, 0.1) is 3.57 Å². The lowest BCUT2D eigenvalue weighted by Crippen LogP contribution is -2.53. The Labute approximate surface area is 205 Å². The summed E-state index contributed by atoms with van der Waals surface area (Å²) < 4.78 is 6.86. The fourth-order valence-electron chi connectivity index (χ4n) is 4.20. The zero-order valence-electron chi connectivity index (χ0n) is 18.8. The zero-order chi connectivity index (χ0) is 22.8. The predicted octanol–water partition coefficient (Wildman–Crippen LogP) is 4.97. The molecule has 1 fully saturated rings. The number of halogens is 1. The van der Waals surface area contributed by atoms with E-state index in [-0.39, 0.29) is 24.5 Å². The van der Waals surface area contributed by atoms with Gasteiger partial charge in [0.1, 0.15) is 11.8 Å². The third kappa shape index (κ3) is 7.50. The number of carbonyl (C=O) groups is 2. The molecule has 1 atom stereocenters. The second kappa shape index (κ2) is 12.8. The van der Waals surface area contributed by atoms with Gasteiger partial charge in [-0.05, 0) is 78.1 Å². The van der Waals surface area contributed by atoms with Crippen LogP contribution >= 0.6 is 22.6 Å². The molecule has 172 valence electrons. The van der Waals surface area contributed by atoms with Crippen LogP contribution in [0.4, 0.5) is 0 Å². The summed E-state index contributed by atoms with van der Waals surface area (Å²) in [5.74, 6) is 0.446. The molecule has 6 heteroatoms. The molecular weight excluding hydrogens is 515 g/mol. The van der Waals surface area contributed by atoms with Crippen molar-refractivity contribution >= 4 is 34.4 Å². The minimum absolute atomic E-state index is 0.0462. The van der Waals surface area contributed by atoms with Gasteiger partial charge in [-0.3, -0.25) is 9.59 Å². The monoisotopic (exact) mass is 548 g/mol. The van der Waals surface area contributed by atoms with Crippen molar-refractivity contribution in [3.05, 3.63) is 63.7 Å². The SMILES string of the molecule is CC[C@H](C(=O)NC1CCCCC1)N(CCc1ccccc1)C(=O)COc1ccc(I)cc1. The van der Waals surface area contributed by atoms with Gasteiger partial charge in [-0.1, -0.05) is 56.5 Å². The average Bonchev–Trinajstić information content (AvgIpc) is 2.82. The van der Waals surface area contributed by atoms with Crippen molar-refractivity contribution in [2.75, 3.05) is 13.2 Å². The van der Waals surface area contributed by atoms with E-state index >= 15 is 0 Å². The fraction of sp³-hybridized carbons (Fsp3) is 0.462. The summed E-state index contributed by atoms with van der Waals surface area (Å²) in [4.78, 5) is 28.1. The van der Waals surface area contributed by atoms with Crippen LogP contribution in [0.1, 0.15) is 51.0 Å². The quantitative estimate of drug-likeness (QED) is 0.427. The third-order valence-corrected chi connectivity index (χ3v) is 6.72. The maximum absolute atomic E-state index is 13.2. The van der Waals surface area contributed by atoms with Gasteiger partial charge < -0.3 is 15.0 Å². The summed E-state index contributed by atoms with van der Waals surface area (Å²) >= 11 is 2.23. The van der Waals surface area contributed by atoms with Gasteiger partial charge >= 0.3 is 0 Å². The van der Waals surface area contributed by atoms with Gasteiger partial charge in [0.2, 0.25) is 5.91 Å². The Morgan fingerprint density at radius 2 is 1.75 bits per heavy atom. The predicted molar refractivity (Wildman–Crippen MR) is 136 cm³/mol. The maximum atomic E-state index is 13.2. The molecule has 2 aromatic rings. The number of carbonyl (C=O) groups excluding carboxylic acids is 2. The van der Waals surface area contributed by atoms with E-state index in [4.69, 9.17) is 4.74 Å². The summed E-state index contributed by atoms with van der Waals surface area (Å²) in [5, 5.41) is 3.21. The highest BCUT2D eigenvalue weighted by Gasteiger charge is 2.30. The van der Waals surface area contributed by atoms with Crippen LogP contribution in [-0.2, 0) is 16.0 Å². The molecule has 1 aliphatic rings. The van der Waals surface area contributed by atoms with E-state index < -0.39 is 6.04 Å². The summed E-state index contributed by atoms with van der Waals surface area (Å²) in [6.45, 7) is 2.37. The summed E-state index contributed by atoms with van der Waals surface area (Å²) in [6, 6.07) is 17.4. The van der Waals surface area contributed by atoms with E-state index in [2.05, 4.69) is 27.9 Å². The van der Waals surface area contributed by atoms with Gasteiger partial charge in [0.15, 0.2) is 6.61 Å². The van der Waals surface area contributed by atoms with Gasteiger partial charge in [0.25, 0.3) is 5.91 Å². The van der Waals surface area contributed by atoms with Gasteiger partial charge in [-0.15, -0.1) is 0 Å². The Balaban J connectivity index is 1.68. The standard InChI is InChI=1S/C26H33IN2O3/c1-2-24(26(31)28-22-11-7-4-8-12-22)29(18-17-20-9-5-3-6-10-20)25(30)19-32-23-15-13-21(27)14-16-23/h3,5-6,9-10,13-16,22,24H,2,4,7-8,11-12,17-19H2,1H3,(H,28,31)/t24-/m1/s1. The number of hydrogen-bond acceptors (Lipinski definition) is 3. The van der Waals surface area contributed by atoms with Gasteiger partial charge in [-0.25, -0.2) is 0 Å². The van der Waals surface area contributed by atoms with E-state index in [1.54, 1.807) is 4.90 Å². The first-order valence-electron chi connectivity index (χ1n) is 11.6. The molecule has 1 aliphatic carbocycles. The van der Waals surface area contributed by atoms with Gasteiger partial charge in [0.05, 0.1) is 0 Å². The Morgan fingerprint density at radius 1 is 1.06 bits per heavy atom. The second-order valence-corrected chi connectivity index (χ2v) is 9.58. The molecule has 1 saturated carbocycles. The molecule has 2 amide bonds. The number of benzene rings is 2. The highest BCUT2D eigenvalue weighted by Crippen LogP contribution is 2.19. The number of amides is 2. The van der Waals surface area contributed by atoms with E-state index in [1.165, 1.54) is 6.42 Å².